The average Bonchev–Trinajstić information content (AvgIpc) is 3.29. The summed E-state index contributed by atoms with van der Waals surface area (Å²) in [4.78, 5) is 11.8. The van der Waals surface area contributed by atoms with Crippen LogP contribution in [0.5, 0.6) is 11.5 Å². The van der Waals surface area contributed by atoms with Crippen LogP contribution in [0.4, 0.5) is 0 Å². The molecule has 1 fully saturated rings. The zero-order chi connectivity index (χ0) is 14.5. The number of benzene rings is 1. The SMILES string of the molecule is COc1ccc(CC(=O)NCC(O)C2CC2)cc1OC. The molecule has 1 unspecified atom stereocenters. The van der Waals surface area contributed by atoms with Crippen LogP contribution in [0.3, 0.4) is 0 Å². The third kappa shape index (κ3) is 3.87. The van der Waals surface area contributed by atoms with Gasteiger partial charge in [0.1, 0.15) is 0 Å². The van der Waals surface area contributed by atoms with Gasteiger partial charge in [0.2, 0.25) is 5.91 Å². The number of amides is 1. The third-order valence-corrected chi connectivity index (χ3v) is 3.49. The van der Waals surface area contributed by atoms with Gasteiger partial charge in [-0.05, 0) is 36.5 Å². The Morgan fingerprint density at radius 1 is 1.35 bits per heavy atom. The lowest BCUT2D eigenvalue weighted by molar-refractivity contribution is -0.120. The van der Waals surface area contributed by atoms with Crippen LogP contribution in [0.2, 0.25) is 0 Å². The van der Waals surface area contributed by atoms with Gasteiger partial charge in [0.25, 0.3) is 0 Å². The van der Waals surface area contributed by atoms with Gasteiger partial charge in [0, 0.05) is 6.54 Å². The lowest BCUT2D eigenvalue weighted by Crippen LogP contribution is -2.34. The molecule has 1 aromatic carbocycles. The van der Waals surface area contributed by atoms with Crippen molar-refractivity contribution in [1.82, 2.24) is 5.32 Å². The van der Waals surface area contributed by atoms with Crippen LogP contribution in [-0.2, 0) is 11.2 Å². The zero-order valence-corrected chi connectivity index (χ0v) is 11.9. The first-order chi connectivity index (χ1) is 9.63. The predicted molar refractivity (Wildman–Crippen MR) is 75.0 cm³/mol. The summed E-state index contributed by atoms with van der Waals surface area (Å²) in [7, 11) is 3.14. The zero-order valence-electron chi connectivity index (χ0n) is 11.9. The summed E-state index contributed by atoms with van der Waals surface area (Å²) >= 11 is 0. The van der Waals surface area contributed by atoms with Crippen LogP contribution in [0.15, 0.2) is 18.2 Å². The molecule has 1 aromatic rings. The minimum absolute atomic E-state index is 0.100. The maximum absolute atomic E-state index is 11.8. The Kier molecular flexibility index (Phi) is 4.84. The van der Waals surface area contributed by atoms with E-state index in [1.165, 1.54) is 0 Å². The molecule has 0 heterocycles. The van der Waals surface area contributed by atoms with Crippen molar-refractivity contribution in [3.8, 4) is 11.5 Å². The number of nitrogens with one attached hydrogen (secondary N) is 1. The highest BCUT2D eigenvalue weighted by atomic mass is 16.5. The van der Waals surface area contributed by atoms with Gasteiger partial charge in [0.15, 0.2) is 11.5 Å². The van der Waals surface area contributed by atoms with Crippen LogP contribution in [0.1, 0.15) is 18.4 Å². The first-order valence-electron chi connectivity index (χ1n) is 6.79. The van der Waals surface area contributed by atoms with Gasteiger partial charge in [-0.15, -0.1) is 0 Å². The number of hydrogen-bond acceptors (Lipinski definition) is 4. The average molecular weight is 279 g/mol. The van der Waals surface area contributed by atoms with E-state index in [4.69, 9.17) is 9.47 Å². The molecule has 2 rings (SSSR count). The molecule has 1 atom stereocenters. The van der Waals surface area contributed by atoms with Crippen molar-refractivity contribution in [3.05, 3.63) is 23.8 Å². The highest BCUT2D eigenvalue weighted by Gasteiger charge is 2.29. The molecule has 0 radical (unpaired) electrons. The fourth-order valence-corrected chi connectivity index (χ4v) is 2.10. The van der Waals surface area contributed by atoms with Crippen molar-refractivity contribution < 1.29 is 19.4 Å². The topological polar surface area (TPSA) is 67.8 Å². The number of aliphatic hydroxyl groups excluding tert-OH is 1. The van der Waals surface area contributed by atoms with Crippen molar-refractivity contribution in [2.24, 2.45) is 5.92 Å². The van der Waals surface area contributed by atoms with Gasteiger partial charge in [-0.2, -0.15) is 0 Å². The second-order valence-electron chi connectivity index (χ2n) is 5.07. The monoisotopic (exact) mass is 279 g/mol. The molecule has 2 N–H and O–H groups in total. The van der Waals surface area contributed by atoms with E-state index in [0.717, 1.165) is 18.4 Å². The third-order valence-electron chi connectivity index (χ3n) is 3.49. The minimum atomic E-state index is -0.413. The van der Waals surface area contributed by atoms with Crippen LogP contribution in [-0.4, -0.2) is 37.9 Å². The van der Waals surface area contributed by atoms with Crippen molar-refractivity contribution >= 4 is 5.91 Å². The summed E-state index contributed by atoms with van der Waals surface area (Å²) in [6, 6.07) is 5.40. The number of aliphatic hydroxyl groups is 1. The predicted octanol–water partition coefficient (Wildman–Crippen LogP) is 1.13. The van der Waals surface area contributed by atoms with Gasteiger partial charge < -0.3 is 19.9 Å². The Bertz CT molecular complexity index is 471. The molecule has 0 spiro atoms. The molecule has 0 saturated heterocycles. The van der Waals surface area contributed by atoms with Crippen LogP contribution >= 0.6 is 0 Å². The van der Waals surface area contributed by atoms with Crippen LogP contribution in [0, 0.1) is 5.92 Å². The van der Waals surface area contributed by atoms with Crippen molar-refractivity contribution in [1.29, 1.82) is 0 Å². The lowest BCUT2D eigenvalue weighted by Gasteiger charge is -2.12. The highest BCUT2D eigenvalue weighted by Crippen LogP contribution is 2.32. The number of carbonyl (C=O) groups excluding carboxylic acids is 1. The maximum Gasteiger partial charge on any atom is 0.224 e. The highest BCUT2D eigenvalue weighted by molar-refractivity contribution is 5.78. The van der Waals surface area contributed by atoms with Crippen molar-refractivity contribution in [2.45, 2.75) is 25.4 Å². The molecule has 0 aromatic heterocycles. The van der Waals surface area contributed by atoms with Crippen molar-refractivity contribution in [2.75, 3.05) is 20.8 Å². The molecule has 1 aliphatic carbocycles. The van der Waals surface area contributed by atoms with Gasteiger partial charge in [-0.3, -0.25) is 4.79 Å². The summed E-state index contributed by atoms with van der Waals surface area (Å²) in [6.45, 7) is 0.330. The molecule has 1 saturated carbocycles. The summed E-state index contributed by atoms with van der Waals surface area (Å²) in [5.41, 5.74) is 0.848. The summed E-state index contributed by atoms with van der Waals surface area (Å²) in [5.74, 6) is 1.52. The molecular formula is C15H21NO4. The second kappa shape index (κ2) is 6.61. The fraction of sp³-hybridized carbons (Fsp3) is 0.533. The first-order valence-corrected chi connectivity index (χ1v) is 6.79. The molecule has 0 aliphatic heterocycles. The van der Waals surface area contributed by atoms with E-state index in [1.807, 2.05) is 6.07 Å². The van der Waals surface area contributed by atoms with Gasteiger partial charge >= 0.3 is 0 Å². The lowest BCUT2D eigenvalue weighted by atomic mass is 10.1. The Balaban J connectivity index is 1.86. The summed E-state index contributed by atoms with van der Waals surface area (Å²) < 4.78 is 10.3. The van der Waals surface area contributed by atoms with Crippen LogP contribution in [0.25, 0.3) is 0 Å². The van der Waals surface area contributed by atoms with Crippen LogP contribution < -0.4 is 14.8 Å². The van der Waals surface area contributed by atoms with E-state index < -0.39 is 6.10 Å². The fourth-order valence-electron chi connectivity index (χ4n) is 2.10. The van der Waals surface area contributed by atoms with E-state index >= 15 is 0 Å². The van der Waals surface area contributed by atoms with Gasteiger partial charge in [-0.1, -0.05) is 6.07 Å². The Morgan fingerprint density at radius 2 is 2.05 bits per heavy atom. The molecule has 5 heteroatoms. The maximum atomic E-state index is 11.8. The summed E-state index contributed by atoms with van der Waals surface area (Å²) in [5, 5.41) is 12.5. The largest absolute Gasteiger partial charge is 0.493 e. The number of methoxy groups -OCH3 is 2. The molecule has 1 aliphatic rings. The Hall–Kier alpha value is -1.75. The smallest absolute Gasteiger partial charge is 0.224 e. The van der Waals surface area contributed by atoms with Gasteiger partial charge in [-0.25, -0.2) is 0 Å². The Morgan fingerprint density at radius 3 is 2.65 bits per heavy atom. The quantitative estimate of drug-likeness (QED) is 0.785. The number of hydrogen-bond donors (Lipinski definition) is 2. The number of ether oxygens (including phenoxy) is 2. The first kappa shape index (κ1) is 14.7. The molecular weight excluding hydrogens is 258 g/mol. The molecule has 110 valence electrons. The second-order valence-corrected chi connectivity index (χ2v) is 5.07. The molecule has 0 bridgehead atoms. The van der Waals surface area contributed by atoms with E-state index in [2.05, 4.69) is 5.32 Å². The Labute approximate surface area is 118 Å². The standard InChI is InChI=1S/C15H21NO4/c1-19-13-6-3-10(7-14(13)20-2)8-15(18)16-9-12(17)11-4-5-11/h3,6-7,11-12,17H,4-5,8-9H2,1-2H3,(H,16,18). The normalized spacial score (nSPS) is 15.6. The van der Waals surface area contributed by atoms with E-state index in [1.54, 1.807) is 26.4 Å². The van der Waals surface area contributed by atoms with E-state index in [9.17, 15) is 9.90 Å². The minimum Gasteiger partial charge on any atom is -0.493 e. The number of carbonyl (C=O) groups is 1. The molecule has 20 heavy (non-hydrogen) atoms. The van der Waals surface area contributed by atoms with E-state index in [0.29, 0.717) is 24.0 Å². The summed E-state index contributed by atoms with van der Waals surface area (Å²) in [6.07, 6.45) is 1.97. The molecule has 1 amide bonds. The van der Waals surface area contributed by atoms with Crippen molar-refractivity contribution in [3.63, 3.8) is 0 Å². The van der Waals surface area contributed by atoms with Gasteiger partial charge in [0.05, 0.1) is 26.7 Å². The molecule has 5 nitrogen and oxygen atoms in total. The number of rotatable bonds is 7. The van der Waals surface area contributed by atoms with E-state index in [-0.39, 0.29) is 12.3 Å².